The van der Waals surface area contributed by atoms with Crippen molar-refractivity contribution < 1.29 is 4.74 Å². The predicted octanol–water partition coefficient (Wildman–Crippen LogP) is 7.58. The molecule has 0 aliphatic heterocycles. The lowest BCUT2D eigenvalue weighted by molar-refractivity contribution is 0.406. The Labute approximate surface area is 190 Å². The Hall–Kier alpha value is -3.84. The van der Waals surface area contributed by atoms with Crippen molar-refractivity contribution in [3.63, 3.8) is 0 Å². The lowest BCUT2D eigenvalue weighted by Gasteiger charge is -2.38. The molecule has 0 aromatic heterocycles. The predicted molar refractivity (Wildman–Crippen MR) is 133 cm³/mol. The fourth-order valence-electron chi connectivity index (χ4n) is 4.98. The van der Waals surface area contributed by atoms with Crippen LogP contribution in [0.1, 0.15) is 23.1 Å². The van der Waals surface area contributed by atoms with Crippen LogP contribution < -0.4 is 4.74 Å². The van der Waals surface area contributed by atoms with E-state index in [-0.39, 0.29) is 0 Å². The van der Waals surface area contributed by atoms with Crippen LogP contribution in [0.2, 0.25) is 0 Å². The number of hydrogen-bond donors (Lipinski definition) is 0. The highest BCUT2D eigenvalue weighted by molar-refractivity contribution is 5.76. The second-order valence-corrected chi connectivity index (χ2v) is 8.03. The summed E-state index contributed by atoms with van der Waals surface area (Å²) in [5.74, 6) is 0.910. The molecule has 156 valence electrons. The van der Waals surface area contributed by atoms with Gasteiger partial charge in [0.1, 0.15) is 5.75 Å². The lowest BCUT2D eigenvalue weighted by Crippen LogP contribution is -2.31. The summed E-state index contributed by atoms with van der Waals surface area (Å²) in [5, 5.41) is 0. The van der Waals surface area contributed by atoms with E-state index in [1.165, 1.54) is 16.7 Å². The van der Waals surface area contributed by atoms with Gasteiger partial charge in [-0.3, -0.25) is 0 Å². The summed E-state index contributed by atoms with van der Waals surface area (Å²) in [6.07, 6.45) is 7.80. The second-order valence-electron chi connectivity index (χ2n) is 8.03. The van der Waals surface area contributed by atoms with Crippen LogP contribution in [0.25, 0.3) is 11.1 Å². The van der Waals surface area contributed by atoms with E-state index in [0.29, 0.717) is 0 Å². The molecule has 1 aliphatic carbocycles. The average Bonchev–Trinajstić information content (AvgIpc) is 3.41. The number of hydrogen-bond acceptors (Lipinski definition) is 1. The first-order valence-electron chi connectivity index (χ1n) is 11.1. The van der Waals surface area contributed by atoms with E-state index in [9.17, 15) is 0 Å². The Morgan fingerprint density at radius 1 is 0.656 bits per heavy atom. The zero-order valence-electron chi connectivity index (χ0n) is 18.2. The molecule has 32 heavy (non-hydrogen) atoms. The summed E-state index contributed by atoms with van der Waals surface area (Å²) in [6, 6.07) is 38.6. The van der Waals surface area contributed by atoms with Crippen molar-refractivity contribution in [2.75, 3.05) is 7.11 Å². The first-order valence-corrected chi connectivity index (χ1v) is 11.1. The number of para-hydroxylation sites is 1. The van der Waals surface area contributed by atoms with E-state index >= 15 is 0 Å². The van der Waals surface area contributed by atoms with Crippen LogP contribution in [-0.4, -0.2) is 7.11 Å². The number of ether oxygens (including phenoxy) is 1. The minimum atomic E-state index is -0.481. The molecule has 0 N–H and O–H groups in total. The van der Waals surface area contributed by atoms with Gasteiger partial charge in [0.05, 0.1) is 12.5 Å². The monoisotopic (exact) mass is 414 g/mol. The third-order valence-electron chi connectivity index (χ3n) is 6.33. The maximum atomic E-state index is 6.19. The molecule has 0 bridgehead atoms. The highest BCUT2D eigenvalue weighted by Crippen LogP contribution is 2.51. The fourth-order valence-corrected chi connectivity index (χ4v) is 4.98. The molecule has 1 heteroatoms. The number of benzene rings is 4. The molecule has 1 nitrogen and oxygen atoms in total. The van der Waals surface area contributed by atoms with Crippen LogP contribution in [0.5, 0.6) is 5.75 Å². The Morgan fingerprint density at radius 2 is 1.25 bits per heavy atom. The van der Waals surface area contributed by atoms with E-state index < -0.39 is 5.41 Å². The van der Waals surface area contributed by atoms with E-state index in [1.54, 1.807) is 7.11 Å². The first-order chi connectivity index (χ1) is 15.9. The van der Waals surface area contributed by atoms with Gasteiger partial charge >= 0.3 is 0 Å². The molecule has 0 radical (unpaired) electrons. The molecule has 0 atom stereocenters. The average molecular weight is 415 g/mol. The lowest BCUT2D eigenvalue weighted by atomic mass is 9.64. The Kier molecular flexibility index (Phi) is 5.47. The third-order valence-corrected chi connectivity index (χ3v) is 6.33. The highest BCUT2D eigenvalue weighted by atomic mass is 16.5. The Bertz CT molecular complexity index is 1210. The van der Waals surface area contributed by atoms with Crippen molar-refractivity contribution in [2.45, 2.75) is 11.8 Å². The summed E-state index contributed by atoms with van der Waals surface area (Å²) in [5.41, 5.74) is 6.66. The summed E-state index contributed by atoms with van der Waals surface area (Å²) in [7, 11) is 1.78. The van der Waals surface area contributed by atoms with E-state index in [0.717, 1.165) is 28.9 Å². The maximum Gasteiger partial charge on any atom is 0.131 e. The second kappa shape index (κ2) is 8.72. The van der Waals surface area contributed by atoms with Gasteiger partial charge in [-0.1, -0.05) is 127 Å². The minimum Gasteiger partial charge on any atom is -0.496 e. The van der Waals surface area contributed by atoms with E-state index in [1.807, 2.05) is 6.07 Å². The zero-order valence-corrected chi connectivity index (χ0v) is 18.2. The Balaban J connectivity index is 1.90. The highest BCUT2D eigenvalue weighted by Gasteiger charge is 2.42. The van der Waals surface area contributed by atoms with Crippen LogP contribution >= 0.6 is 0 Å². The van der Waals surface area contributed by atoms with Crippen LogP contribution in [-0.2, 0) is 5.41 Å². The van der Waals surface area contributed by atoms with Crippen molar-refractivity contribution in [2.24, 2.45) is 0 Å². The molecule has 1 aliphatic rings. The summed E-state index contributed by atoms with van der Waals surface area (Å²) >= 11 is 0. The van der Waals surface area contributed by atoms with Crippen LogP contribution in [0.3, 0.4) is 0 Å². The van der Waals surface area contributed by atoms with Crippen molar-refractivity contribution in [1.29, 1.82) is 0 Å². The molecule has 0 spiro atoms. The molecule has 0 saturated heterocycles. The Morgan fingerprint density at radius 3 is 1.78 bits per heavy atom. The summed E-state index contributed by atoms with van der Waals surface area (Å²) in [6.45, 7) is 0. The summed E-state index contributed by atoms with van der Waals surface area (Å²) in [4.78, 5) is 0. The van der Waals surface area contributed by atoms with Crippen LogP contribution in [0.4, 0.5) is 0 Å². The van der Waals surface area contributed by atoms with Crippen molar-refractivity contribution in [3.05, 3.63) is 150 Å². The molecule has 4 aromatic rings. The first kappa shape index (κ1) is 20.1. The SMILES string of the molecule is COc1c(-c2ccccc2)cccc1C(C1=CCC=C1)(c1ccccc1)c1ccccc1. The smallest absolute Gasteiger partial charge is 0.131 e. The molecule has 0 fully saturated rings. The van der Waals surface area contributed by atoms with Gasteiger partial charge in [0, 0.05) is 11.1 Å². The molecule has 0 amide bonds. The van der Waals surface area contributed by atoms with Gasteiger partial charge in [0.15, 0.2) is 0 Å². The van der Waals surface area contributed by atoms with Crippen LogP contribution in [0.15, 0.2) is 133 Å². The number of methoxy groups -OCH3 is 1. The van der Waals surface area contributed by atoms with Gasteiger partial charge in [0.25, 0.3) is 0 Å². The van der Waals surface area contributed by atoms with Gasteiger partial charge in [-0.05, 0) is 28.7 Å². The number of rotatable bonds is 6. The molecule has 0 unspecified atom stereocenters. The van der Waals surface area contributed by atoms with Gasteiger partial charge < -0.3 is 4.74 Å². The van der Waals surface area contributed by atoms with E-state index in [4.69, 9.17) is 4.74 Å². The van der Waals surface area contributed by atoms with Crippen molar-refractivity contribution in [3.8, 4) is 16.9 Å². The number of allylic oxidation sites excluding steroid dienone is 4. The van der Waals surface area contributed by atoms with Gasteiger partial charge in [-0.25, -0.2) is 0 Å². The molecule has 0 heterocycles. The van der Waals surface area contributed by atoms with Crippen molar-refractivity contribution >= 4 is 0 Å². The largest absolute Gasteiger partial charge is 0.496 e. The van der Waals surface area contributed by atoms with Crippen molar-refractivity contribution in [1.82, 2.24) is 0 Å². The molecular formula is C31H26O. The zero-order chi connectivity index (χ0) is 21.8. The van der Waals surface area contributed by atoms with Gasteiger partial charge in [-0.2, -0.15) is 0 Å². The summed E-state index contributed by atoms with van der Waals surface area (Å²) < 4.78 is 6.19. The molecule has 0 saturated carbocycles. The molecular weight excluding hydrogens is 388 g/mol. The van der Waals surface area contributed by atoms with Gasteiger partial charge in [0.2, 0.25) is 0 Å². The van der Waals surface area contributed by atoms with Crippen LogP contribution in [0, 0.1) is 0 Å². The topological polar surface area (TPSA) is 9.23 Å². The maximum absolute atomic E-state index is 6.19. The van der Waals surface area contributed by atoms with Gasteiger partial charge in [-0.15, -0.1) is 0 Å². The standard InChI is InChI=1S/C31H26O/c1-32-30-28(24-14-5-2-6-15-24)22-13-23-29(30)31(27-20-11-12-21-27,25-16-7-3-8-17-25)26-18-9-4-10-19-26/h2-11,13-23H,12H2,1H3. The quantitative estimate of drug-likeness (QED) is 0.295. The minimum absolute atomic E-state index is 0.481. The van der Waals surface area contributed by atoms with E-state index in [2.05, 4.69) is 121 Å². The third kappa shape index (κ3) is 3.27. The molecule has 5 rings (SSSR count). The fraction of sp³-hybridized carbons (Fsp3) is 0.0968. The normalized spacial score (nSPS) is 13.1. The molecule has 4 aromatic carbocycles.